The van der Waals surface area contributed by atoms with Gasteiger partial charge in [-0.3, -0.25) is 14.4 Å². The Morgan fingerprint density at radius 1 is 0.966 bits per heavy atom. The second-order valence-corrected chi connectivity index (χ2v) is 14.0. The van der Waals surface area contributed by atoms with Crippen molar-refractivity contribution < 1.29 is 27.5 Å². The molecule has 1 aliphatic heterocycles. The highest BCUT2D eigenvalue weighted by Crippen LogP contribution is 2.34. The summed E-state index contributed by atoms with van der Waals surface area (Å²) in [6, 6.07) is 15.6. The molecule has 0 saturated carbocycles. The second kappa shape index (κ2) is 15.8. The summed E-state index contributed by atoms with van der Waals surface area (Å²) in [4.78, 5) is 62.9. The van der Waals surface area contributed by atoms with Crippen molar-refractivity contribution in [1.29, 1.82) is 0 Å². The van der Waals surface area contributed by atoms with Crippen LogP contribution < -0.4 is 20.5 Å². The van der Waals surface area contributed by atoms with Gasteiger partial charge in [-0.15, -0.1) is 5.10 Å². The topological polar surface area (TPSA) is 170 Å². The van der Waals surface area contributed by atoms with Gasteiger partial charge < -0.3 is 24.4 Å². The molecule has 302 valence electrons. The lowest BCUT2D eigenvalue weighted by Gasteiger charge is -2.36. The zero-order chi connectivity index (χ0) is 41.4. The van der Waals surface area contributed by atoms with E-state index in [1.165, 1.54) is 17.2 Å². The zero-order valence-electron chi connectivity index (χ0n) is 31.5. The molecule has 0 radical (unpaired) electrons. The highest BCUT2D eigenvalue weighted by Gasteiger charge is 2.33. The van der Waals surface area contributed by atoms with Crippen LogP contribution in [0.3, 0.4) is 0 Å². The number of fused-ring (bicyclic) bond motifs is 2. The van der Waals surface area contributed by atoms with E-state index in [1.54, 1.807) is 34.7 Å². The standard InChI is InChI=1S/C39H34ClF3N12O4/c1-3-29-33(51-13-15-52(16-14-51)36(57)32-34(23(2)44-21-46-32)59-20-24-7-5-4-6-8-24)37(58)55-38(49-35(50-55)25-9-12-30-45-22-47-54(30)18-25)53(29)19-31(56)48-28-11-10-26(17-27(28)40)39(41,42)43/h4-12,17-18,21-22H,3,13-16,19-20H2,1-2H3,(H,48,56). The fraction of sp³-hybridized carbons (Fsp3) is 0.256. The molecule has 0 atom stereocenters. The molecular formula is C39H34ClF3N12O4. The van der Waals surface area contributed by atoms with Gasteiger partial charge >= 0.3 is 6.18 Å². The number of pyridine rings is 1. The molecule has 0 spiro atoms. The van der Waals surface area contributed by atoms with Gasteiger partial charge in [0, 0.05) is 37.9 Å². The SMILES string of the molecule is CCc1c(N2CCN(C(=O)c3ncnc(C)c3OCc3ccccc3)CC2)c(=O)n2nc(-c3ccc4ncnn4c3)nc2n1CC(=O)Nc1ccc(C(F)(F)F)cc1Cl. The first-order chi connectivity index (χ1) is 28.4. The van der Waals surface area contributed by atoms with Gasteiger partial charge in [-0.1, -0.05) is 48.9 Å². The van der Waals surface area contributed by atoms with E-state index in [0.29, 0.717) is 22.6 Å². The van der Waals surface area contributed by atoms with Crippen molar-refractivity contribution in [2.24, 2.45) is 0 Å². The number of hydrogen-bond acceptors (Lipinski definition) is 11. The predicted octanol–water partition coefficient (Wildman–Crippen LogP) is 5.11. The number of amides is 2. The normalized spacial score (nSPS) is 13.3. The van der Waals surface area contributed by atoms with Gasteiger partial charge in [0.15, 0.2) is 22.9 Å². The number of benzene rings is 2. The number of aryl methyl sites for hydroxylation is 1. The van der Waals surface area contributed by atoms with Crippen LogP contribution in [0.15, 0.2) is 84.3 Å². The smallest absolute Gasteiger partial charge is 0.416 e. The van der Waals surface area contributed by atoms with Crippen LogP contribution in [0.4, 0.5) is 24.5 Å². The number of rotatable bonds is 10. The molecule has 1 fully saturated rings. The molecule has 1 aliphatic rings. The number of nitrogens with one attached hydrogen (secondary N) is 1. The molecule has 16 nitrogen and oxygen atoms in total. The van der Waals surface area contributed by atoms with E-state index in [9.17, 15) is 27.6 Å². The Morgan fingerprint density at radius 2 is 1.75 bits per heavy atom. The first kappa shape index (κ1) is 39.0. The maximum atomic E-state index is 14.5. The fourth-order valence-corrected chi connectivity index (χ4v) is 7.15. The highest BCUT2D eigenvalue weighted by molar-refractivity contribution is 6.33. The molecule has 2 aromatic carbocycles. The summed E-state index contributed by atoms with van der Waals surface area (Å²) in [5.74, 6) is -0.502. The largest absolute Gasteiger partial charge is 0.485 e. The van der Waals surface area contributed by atoms with E-state index in [2.05, 4.69) is 30.5 Å². The average Bonchev–Trinajstić information content (AvgIpc) is 3.90. The minimum atomic E-state index is -4.63. The number of anilines is 2. The van der Waals surface area contributed by atoms with Crippen LogP contribution in [0.5, 0.6) is 5.75 Å². The Kier molecular flexibility index (Phi) is 10.4. The van der Waals surface area contributed by atoms with Gasteiger partial charge in [0.1, 0.15) is 31.5 Å². The molecule has 1 saturated heterocycles. The minimum absolute atomic E-state index is 0.0309. The molecule has 0 bridgehead atoms. The number of alkyl halides is 3. The molecule has 0 unspecified atom stereocenters. The number of carbonyl (C=O) groups is 2. The Hall–Kier alpha value is -6.89. The molecule has 6 heterocycles. The number of nitrogens with zero attached hydrogens (tertiary/aromatic N) is 11. The van der Waals surface area contributed by atoms with E-state index in [4.69, 9.17) is 21.3 Å². The maximum Gasteiger partial charge on any atom is 0.416 e. The Labute approximate surface area is 337 Å². The quantitative estimate of drug-likeness (QED) is 0.194. The number of aromatic nitrogens is 9. The average molecular weight is 827 g/mol. The molecule has 5 aromatic heterocycles. The summed E-state index contributed by atoms with van der Waals surface area (Å²) >= 11 is 6.17. The monoisotopic (exact) mass is 826 g/mol. The third kappa shape index (κ3) is 7.75. The number of hydrogen-bond donors (Lipinski definition) is 1. The van der Waals surface area contributed by atoms with Gasteiger partial charge in [0.2, 0.25) is 11.7 Å². The van der Waals surface area contributed by atoms with Gasteiger partial charge in [0.25, 0.3) is 11.5 Å². The van der Waals surface area contributed by atoms with E-state index in [-0.39, 0.29) is 84.6 Å². The van der Waals surface area contributed by atoms with Crippen LogP contribution >= 0.6 is 11.6 Å². The summed E-state index contributed by atoms with van der Waals surface area (Å²) in [6.45, 7) is 4.28. The molecule has 0 aliphatic carbocycles. The van der Waals surface area contributed by atoms with E-state index in [0.717, 1.165) is 28.3 Å². The molecule has 7 aromatic rings. The van der Waals surface area contributed by atoms with E-state index >= 15 is 0 Å². The van der Waals surface area contributed by atoms with Crippen LogP contribution in [-0.2, 0) is 30.5 Å². The predicted molar refractivity (Wildman–Crippen MR) is 209 cm³/mol. The van der Waals surface area contributed by atoms with Crippen molar-refractivity contribution in [3.63, 3.8) is 0 Å². The van der Waals surface area contributed by atoms with Gasteiger partial charge in [-0.25, -0.2) is 19.5 Å². The minimum Gasteiger partial charge on any atom is -0.485 e. The lowest BCUT2D eigenvalue weighted by atomic mass is 10.2. The first-order valence-electron chi connectivity index (χ1n) is 18.4. The van der Waals surface area contributed by atoms with Crippen molar-refractivity contribution in [3.05, 3.63) is 123 Å². The van der Waals surface area contributed by atoms with Gasteiger partial charge in [0.05, 0.1) is 27.7 Å². The third-order valence-corrected chi connectivity index (χ3v) is 10.2. The number of carbonyl (C=O) groups excluding carboxylic acids is 2. The Morgan fingerprint density at radius 3 is 2.47 bits per heavy atom. The summed E-state index contributed by atoms with van der Waals surface area (Å²) in [6.07, 6.45) is 0.00129. The lowest BCUT2D eigenvalue weighted by Crippen LogP contribution is -2.51. The first-order valence-corrected chi connectivity index (χ1v) is 18.8. The van der Waals surface area contributed by atoms with Crippen molar-refractivity contribution in [1.82, 2.24) is 48.6 Å². The fourth-order valence-electron chi connectivity index (χ4n) is 6.93. The molecule has 20 heteroatoms. The Balaban J connectivity index is 1.11. The van der Waals surface area contributed by atoms with Crippen molar-refractivity contribution in [2.75, 3.05) is 36.4 Å². The van der Waals surface area contributed by atoms with Crippen LogP contribution in [0.1, 0.15) is 39.9 Å². The molecule has 59 heavy (non-hydrogen) atoms. The van der Waals surface area contributed by atoms with E-state index in [1.807, 2.05) is 42.2 Å². The lowest BCUT2D eigenvalue weighted by molar-refractivity contribution is -0.137. The second-order valence-electron chi connectivity index (χ2n) is 13.6. The van der Waals surface area contributed by atoms with Crippen LogP contribution in [0.2, 0.25) is 5.02 Å². The summed E-state index contributed by atoms with van der Waals surface area (Å²) in [7, 11) is 0. The summed E-state index contributed by atoms with van der Waals surface area (Å²) < 4.78 is 50.2. The summed E-state index contributed by atoms with van der Waals surface area (Å²) in [5.41, 5.74) is 1.84. The zero-order valence-corrected chi connectivity index (χ0v) is 32.3. The number of piperazine rings is 1. The Bertz CT molecular complexity index is 2780. The molecule has 2 amide bonds. The molecular weight excluding hydrogens is 793 g/mol. The van der Waals surface area contributed by atoms with Gasteiger partial charge in [-0.05, 0) is 49.2 Å². The van der Waals surface area contributed by atoms with Crippen LogP contribution in [0, 0.1) is 6.92 Å². The maximum absolute atomic E-state index is 14.5. The third-order valence-electron chi connectivity index (χ3n) is 9.86. The van der Waals surface area contributed by atoms with Gasteiger partial charge in [-0.2, -0.15) is 27.8 Å². The van der Waals surface area contributed by atoms with Crippen LogP contribution in [0.25, 0.3) is 22.8 Å². The van der Waals surface area contributed by atoms with Crippen molar-refractivity contribution in [2.45, 2.75) is 39.6 Å². The number of ether oxygens (including phenoxy) is 1. The molecule has 1 N–H and O–H groups in total. The van der Waals surface area contributed by atoms with E-state index < -0.39 is 29.8 Å². The van der Waals surface area contributed by atoms with Crippen molar-refractivity contribution >= 4 is 46.2 Å². The number of halogens is 4. The molecule has 8 rings (SSSR count). The highest BCUT2D eigenvalue weighted by atomic mass is 35.5. The van der Waals surface area contributed by atoms with Crippen molar-refractivity contribution in [3.8, 4) is 17.1 Å². The van der Waals surface area contributed by atoms with Crippen LogP contribution in [-0.4, -0.2) is 86.6 Å². The summed E-state index contributed by atoms with van der Waals surface area (Å²) in [5, 5.41) is 11.0.